The molecule has 5 nitrogen and oxygen atoms in total. The first-order valence-electron chi connectivity index (χ1n) is 8.31. The molecule has 0 saturated heterocycles. The van der Waals surface area contributed by atoms with Gasteiger partial charge in [0.2, 0.25) is 5.89 Å². The summed E-state index contributed by atoms with van der Waals surface area (Å²) < 4.78 is 5.40. The molecular formula is C20H21N3O2. The van der Waals surface area contributed by atoms with Crippen LogP contribution in [0.2, 0.25) is 0 Å². The van der Waals surface area contributed by atoms with E-state index in [4.69, 9.17) is 10.2 Å². The van der Waals surface area contributed by atoms with Crippen molar-refractivity contribution in [2.24, 2.45) is 5.73 Å². The molecule has 1 amide bonds. The summed E-state index contributed by atoms with van der Waals surface area (Å²) in [7, 11) is 0. The summed E-state index contributed by atoms with van der Waals surface area (Å²) in [5.41, 5.74) is 9.39. The maximum Gasteiger partial charge on any atom is 0.277 e. The first-order valence-corrected chi connectivity index (χ1v) is 8.31. The van der Waals surface area contributed by atoms with E-state index in [2.05, 4.69) is 17.2 Å². The topological polar surface area (TPSA) is 81.2 Å². The molecule has 0 aliphatic heterocycles. The summed E-state index contributed by atoms with van der Waals surface area (Å²) >= 11 is 0. The van der Waals surface area contributed by atoms with Gasteiger partial charge in [0.05, 0.1) is 6.04 Å². The molecule has 0 bridgehead atoms. The SMILES string of the molecule is CCc1ccc(NC(=O)c2coc(C(N)Cc3ccccc3)n2)cc1. The van der Waals surface area contributed by atoms with Crippen LogP contribution in [0.1, 0.15) is 40.5 Å². The molecule has 3 rings (SSSR count). The van der Waals surface area contributed by atoms with Crippen molar-refractivity contribution in [2.75, 3.05) is 5.32 Å². The fraction of sp³-hybridized carbons (Fsp3) is 0.200. The van der Waals surface area contributed by atoms with Crippen LogP contribution in [0.3, 0.4) is 0 Å². The Balaban J connectivity index is 1.64. The number of benzene rings is 2. The largest absolute Gasteiger partial charge is 0.446 e. The number of nitrogens with zero attached hydrogens (tertiary/aromatic N) is 1. The number of oxazole rings is 1. The minimum absolute atomic E-state index is 0.220. The Morgan fingerprint density at radius 1 is 1.12 bits per heavy atom. The highest BCUT2D eigenvalue weighted by Gasteiger charge is 2.17. The number of anilines is 1. The summed E-state index contributed by atoms with van der Waals surface area (Å²) in [6, 6.07) is 17.2. The Hall–Kier alpha value is -2.92. The number of hydrogen-bond donors (Lipinski definition) is 2. The monoisotopic (exact) mass is 335 g/mol. The van der Waals surface area contributed by atoms with Gasteiger partial charge in [0.1, 0.15) is 6.26 Å². The first-order chi connectivity index (χ1) is 12.2. The first kappa shape index (κ1) is 16.9. The summed E-state index contributed by atoms with van der Waals surface area (Å²) in [5, 5.41) is 2.81. The molecule has 0 saturated carbocycles. The minimum Gasteiger partial charge on any atom is -0.446 e. The molecule has 0 spiro atoms. The van der Waals surface area contributed by atoms with E-state index in [9.17, 15) is 4.79 Å². The van der Waals surface area contributed by atoms with Crippen molar-refractivity contribution in [1.29, 1.82) is 0 Å². The van der Waals surface area contributed by atoms with Crippen molar-refractivity contribution in [3.63, 3.8) is 0 Å². The molecule has 0 aliphatic rings. The third kappa shape index (κ3) is 4.33. The van der Waals surface area contributed by atoms with Gasteiger partial charge in [-0.15, -0.1) is 0 Å². The van der Waals surface area contributed by atoms with E-state index in [1.54, 1.807) is 0 Å². The van der Waals surface area contributed by atoms with E-state index in [-0.39, 0.29) is 11.6 Å². The molecule has 128 valence electrons. The van der Waals surface area contributed by atoms with Crippen LogP contribution in [0, 0.1) is 0 Å². The number of nitrogens with two attached hydrogens (primary N) is 1. The quantitative estimate of drug-likeness (QED) is 0.719. The lowest BCUT2D eigenvalue weighted by Crippen LogP contribution is -2.16. The molecule has 3 N–H and O–H groups in total. The molecule has 3 aromatic rings. The van der Waals surface area contributed by atoms with Crippen molar-refractivity contribution in [3.05, 3.63) is 83.6 Å². The van der Waals surface area contributed by atoms with Crippen molar-refractivity contribution in [3.8, 4) is 0 Å². The van der Waals surface area contributed by atoms with Gasteiger partial charge in [-0.2, -0.15) is 0 Å². The van der Waals surface area contributed by atoms with Gasteiger partial charge in [0.25, 0.3) is 5.91 Å². The average Bonchev–Trinajstić information content (AvgIpc) is 3.14. The zero-order valence-electron chi connectivity index (χ0n) is 14.1. The van der Waals surface area contributed by atoms with E-state index in [0.717, 1.165) is 17.7 Å². The molecule has 0 radical (unpaired) electrons. The highest BCUT2D eigenvalue weighted by Crippen LogP contribution is 2.17. The van der Waals surface area contributed by atoms with Gasteiger partial charge in [-0.05, 0) is 36.1 Å². The van der Waals surface area contributed by atoms with Crippen molar-refractivity contribution in [1.82, 2.24) is 4.98 Å². The Morgan fingerprint density at radius 2 is 1.84 bits per heavy atom. The molecule has 5 heteroatoms. The second-order valence-corrected chi connectivity index (χ2v) is 5.87. The molecule has 1 atom stereocenters. The fourth-order valence-corrected chi connectivity index (χ4v) is 2.54. The molecule has 2 aromatic carbocycles. The van der Waals surface area contributed by atoms with Crippen LogP contribution in [0.25, 0.3) is 0 Å². The van der Waals surface area contributed by atoms with Crippen LogP contribution in [0.4, 0.5) is 5.69 Å². The van der Waals surface area contributed by atoms with E-state index >= 15 is 0 Å². The predicted octanol–water partition coefficient (Wildman–Crippen LogP) is 3.73. The Morgan fingerprint density at radius 3 is 2.52 bits per heavy atom. The molecular weight excluding hydrogens is 314 g/mol. The van der Waals surface area contributed by atoms with E-state index in [1.165, 1.54) is 11.8 Å². The number of hydrogen-bond acceptors (Lipinski definition) is 4. The smallest absolute Gasteiger partial charge is 0.277 e. The van der Waals surface area contributed by atoms with Gasteiger partial charge in [-0.25, -0.2) is 4.98 Å². The van der Waals surface area contributed by atoms with Crippen molar-refractivity contribution >= 4 is 11.6 Å². The number of carbonyl (C=O) groups is 1. The molecule has 25 heavy (non-hydrogen) atoms. The number of aryl methyl sites for hydroxylation is 1. The van der Waals surface area contributed by atoms with E-state index < -0.39 is 6.04 Å². The summed E-state index contributed by atoms with van der Waals surface area (Å²) in [6.45, 7) is 2.09. The Kier molecular flexibility index (Phi) is 5.26. The summed E-state index contributed by atoms with van der Waals surface area (Å²) in [4.78, 5) is 16.5. The summed E-state index contributed by atoms with van der Waals surface area (Å²) in [6.07, 6.45) is 2.90. The lowest BCUT2D eigenvalue weighted by atomic mass is 10.1. The van der Waals surface area contributed by atoms with Gasteiger partial charge in [0, 0.05) is 5.69 Å². The number of carbonyl (C=O) groups excluding carboxylic acids is 1. The van der Waals surface area contributed by atoms with Gasteiger partial charge < -0.3 is 15.5 Å². The third-order valence-corrected chi connectivity index (χ3v) is 3.99. The highest BCUT2D eigenvalue weighted by molar-refractivity contribution is 6.02. The van der Waals surface area contributed by atoms with E-state index in [0.29, 0.717) is 12.3 Å². The molecule has 1 unspecified atom stereocenters. The molecule has 0 aliphatic carbocycles. The lowest BCUT2D eigenvalue weighted by molar-refractivity contribution is 0.102. The second-order valence-electron chi connectivity index (χ2n) is 5.87. The standard InChI is InChI=1S/C20H21N3O2/c1-2-14-8-10-16(11-9-14)22-19(24)18-13-25-20(23-18)17(21)12-15-6-4-3-5-7-15/h3-11,13,17H,2,12,21H2,1H3,(H,22,24). The predicted molar refractivity (Wildman–Crippen MR) is 97.4 cm³/mol. The van der Waals surface area contributed by atoms with Gasteiger partial charge in [-0.1, -0.05) is 49.4 Å². The maximum absolute atomic E-state index is 12.3. The van der Waals surface area contributed by atoms with Crippen LogP contribution in [-0.2, 0) is 12.8 Å². The van der Waals surface area contributed by atoms with Crippen molar-refractivity contribution in [2.45, 2.75) is 25.8 Å². The molecule has 0 fully saturated rings. The zero-order valence-corrected chi connectivity index (χ0v) is 14.1. The second kappa shape index (κ2) is 7.77. The number of aromatic nitrogens is 1. The maximum atomic E-state index is 12.3. The van der Waals surface area contributed by atoms with Gasteiger partial charge >= 0.3 is 0 Å². The van der Waals surface area contributed by atoms with Gasteiger partial charge in [0.15, 0.2) is 5.69 Å². The van der Waals surface area contributed by atoms with Crippen molar-refractivity contribution < 1.29 is 9.21 Å². The average molecular weight is 335 g/mol. The number of rotatable bonds is 6. The third-order valence-electron chi connectivity index (χ3n) is 3.99. The normalized spacial score (nSPS) is 11.9. The van der Waals surface area contributed by atoms with Gasteiger partial charge in [-0.3, -0.25) is 4.79 Å². The number of nitrogens with one attached hydrogen (secondary N) is 1. The molecule has 1 aromatic heterocycles. The minimum atomic E-state index is -0.396. The zero-order chi connectivity index (χ0) is 17.6. The lowest BCUT2D eigenvalue weighted by Gasteiger charge is -2.07. The Bertz CT molecular complexity index is 826. The highest BCUT2D eigenvalue weighted by atomic mass is 16.3. The van der Waals surface area contributed by atoms with Crippen LogP contribution in [0.5, 0.6) is 0 Å². The van der Waals surface area contributed by atoms with Crippen LogP contribution < -0.4 is 11.1 Å². The molecule has 1 heterocycles. The van der Waals surface area contributed by atoms with Crippen LogP contribution in [0.15, 0.2) is 65.3 Å². The number of amides is 1. The fourth-order valence-electron chi connectivity index (χ4n) is 2.54. The van der Waals surface area contributed by atoms with Crippen LogP contribution >= 0.6 is 0 Å². The summed E-state index contributed by atoms with van der Waals surface area (Å²) in [5.74, 6) is 0.0430. The van der Waals surface area contributed by atoms with E-state index in [1.807, 2.05) is 54.6 Å². The Labute approximate surface area is 146 Å². The van der Waals surface area contributed by atoms with Crippen LogP contribution in [-0.4, -0.2) is 10.9 Å².